The van der Waals surface area contributed by atoms with E-state index in [-0.39, 0.29) is 35.2 Å². The van der Waals surface area contributed by atoms with Crippen LogP contribution >= 0.6 is 11.3 Å². The predicted octanol–water partition coefficient (Wildman–Crippen LogP) is 0.684. The van der Waals surface area contributed by atoms with Gasteiger partial charge in [-0.3, -0.25) is 4.79 Å². The number of rotatable bonds is 3. The lowest BCUT2D eigenvalue weighted by molar-refractivity contribution is 0.0647. The zero-order valence-corrected chi connectivity index (χ0v) is 10.7. The highest BCUT2D eigenvalue weighted by Gasteiger charge is 2.35. The monoisotopic (exact) mass is 270 g/mol. The number of amides is 1. The standard InChI is InChI=1S/C11H14N2O4S/c1-6-2-3-13(8(6)4-14)10(15)9-12-7(5-18-9)11(16)17/h5-6,8,14H,2-4H2,1H3,(H,16,17). The fourth-order valence-electron chi connectivity index (χ4n) is 2.13. The third-order valence-corrected chi connectivity index (χ3v) is 4.07. The number of hydrogen-bond acceptors (Lipinski definition) is 5. The summed E-state index contributed by atoms with van der Waals surface area (Å²) in [4.78, 5) is 28.3. The van der Waals surface area contributed by atoms with E-state index < -0.39 is 5.97 Å². The van der Waals surface area contributed by atoms with Gasteiger partial charge in [0.05, 0.1) is 12.6 Å². The molecular weight excluding hydrogens is 256 g/mol. The summed E-state index contributed by atoms with van der Waals surface area (Å²) in [7, 11) is 0. The minimum absolute atomic E-state index is 0.0793. The molecule has 0 aromatic carbocycles. The third kappa shape index (κ3) is 2.23. The van der Waals surface area contributed by atoms with Crippen LogP contribution in [-0.4, -0.2) is 51.2 Å². The van der Waals surface area contributed by atoms with Gasteiger partial charge in [0.1, 0.15) is 0 Å². The molecule has 98 valence electrons. The van der Waals surface area contributed by atoms with Gasteiger partial charge in [-0.25, -0.2) is 9.78 Å². The van der Waals surface area contributed by atoms with Crippen molar-refractivity contribution in [1.82, 2.24) is 9.88 Å². The Hall–Kier alpha value is -1.47. The van der Waals surface area contributed by atoms with Crippen molar-refractivity contribution in [3.8, 4) is 0 Å². The van der Waals surface area contributed by atoms with E-state index in [1.165, 1.54) is 5.38 Å². The first-order valence-electron chi connectivity index (χ1n) is 5.65. The van der Waals surface area contributed by atoms with Crippen LogP contribution in [0.3, 0.4) is 0 Å². The quantitative estimate of drug-likeness (QED) is 0.843. The number of carbonyl (C=O) groups excluding carboxylic acids is 1. The molecule has 2 unspecified atom stereocenters. The fraction of sp³-hybridized carbons (Fsp3) is 0.545. The van der Waals surface area contributed by atoms with Gasteiger partial charge in [0.25, 0.3) is 5.91 Å². The van der Waals surface area contributed by atoms with E-state index in [1.807, 2.05) is 6.92 Å². The number of thiazole rings is 1. The van der Waals surface area contributed by atoms with Crippen molar-refractivity contribution in [2.75, 3.05) is 13.2 Å². The summed E-state index contributed by atoms with van der Waals surface area (Å²) < 4.78 is 0. The maximum absolute atomic E-state index is 12.2. The van der Waals surface area contributed by atoms with Crippen LogP contribution in [-0.2, 0) is 0 Å². The Morgan fingerprint density at radius 2 is 2.33 bits per heavy atom. The molecule has 18 heavy (non-hydrogen) atoms. The molecule has 1 fully saturated rings. The average molecular weight is 270 g/mol. The van der Waals surface area contributed by atoms with Crippen molar-refractivity contribution in [3.63, 3.8) is 0 Å². The van der Waals surface area contributed by atoms with Crippen LogP contribution in [0, 0.1) is 5.92 Å². The van der Waals surface area contributed by atoms with Crippen molar-refractivity contribution >= 4 is 23.2 Å². The first kappa shape index (κ1) is 13.0. The van der Waals surface area contributed by atoms with Crippen LogP contribution < -0.4 is 0 Å². The molecule has 0 saturated carbocycles. The normalized spacial score (nSPS) is 23.3. The Labute approximate surface area is 108 Å². The van der Waals surface area contributed by atoms with Crippen molar-refractivity contribution in [2.45, 2.75) is 19.4 Å². The Morgan fingerprint density at radius 1 is 1.61 bits per heavy atom. The van der Waals surface area contributed by atoms with Gasteiger partial charge in [-0.15, -0.1) is 11.3 Å². The molecule has 7 heteroatoms. The van der Waals surface area contributed by atoms with Crippen LogP contribution in [0.25, 0.3) is 0 Å². The highest BCUT2D eigenvalue weighted by molar-refractivity contribution is 7.11. The molecular formula is C11H14N2O4S. The van der Waals surface area contributed by atoms with Gasteiger partial charge in [-0.05, 0) is 12.3 Å². The molecule has 2 atom stereocenters. The predicted molar refractivity (Wildman–Crippen MR) is 64.8 cm³/mol. The molecule has 0 spiro atoms. The van der Waals surface area contributed by atoms with E-state index in [2.05, 4.69) is 4.98 Å². The highest BCUT2D eigenvalue weighted by atomic mass is 32.1. The smallest absolute Gasteiger partial charge is 0.355 e. The average Bonchev–Trinajstić information content (AvgIpc) is 2.94. The van der Waals surface area contributed by atoms with Crippen molar-refractivity contribution in [1.29, 1.82) is 0 Å². The second-order valence-electron chi connectivity index (χ2n) is 4.36. The fourth-order valence-corrected chi connectivity index (χ4v) is 2.88. The van der Waals surface area contributed by atoms with Gasteiger partial charge in [-0.1, -0.05) is 6.92 Å². The van der Waals surface area contributed by atoms with Gasteiger partial charge < -0.3 is 15.1 Å². The van der Waals surface area contributed by atoms with E-state index in [4.69, 9.17) is 5.11 Å². The van der Waals surface area contributed by atoms with Crippen LogP contribution in [0.1, 0.15) is 33.6 Å². The Balaban J connectivity index is 2.18. The van der Waals surface area contributed by atoms with Crippen LogP contribution in [0.5, 0.6) is 0 Å². The van der Waals surface area contributed by atoms with Crippen LogP contribution in [0.4, 0.5) is 0 Å². The van der Waals surface area contributed by atoms with Gasteiger partial charge in [0, 0.05) is 11.9 Å². The number of aromatic nitrogens is 1. The number of carboxylic acid groups (broad SMARTS) is 1. The minimum Gasteiger partial charge on any atom is -0.476 e. The van der Waals surface area contributed by atoms with Crippen LogP contribution in [0.15, 0.2) is 5.38 Å². The number of aromatic carboxylic acids is 1. The molecule has 2 N–H and O–H groups in total. The molecule has 1 aliphatic rings. The zero-order chi connectivity index (χ0) is 13.3. The lowest BCUT2D eigenvalue weighted by Gasteiger charge is -2.24. The summed E-state index contributed by atoms with van der Waals surface area (Å²) in [5.41, 5.74) is -0.115. The van der Waals surface area contributed by atoms with E-state index in [1.54, 1.807) is 4.90 Å². The van der Waals surface area contributed by atoms with Crippen molar-refractivity contribution < 1.29 is 19.8 Å². The lowest BCUT2D eigenvalue weighted by Crippen LogP contribution is -2.39. The number of carboxylic acids is 1. The first-order chi connectivity index (χ1) is 8.54. The molecule has 0 bridgehead atoms. The van der Waals surface area contributed by atoms with E-state index in [0.717, 1.165) is 17.8 Å². The minimum atomic E-state index is -1.14. The second-order valence-corrected chi connectivity index (χ2v) is 5.22. The Morgan fingerprint density at radius 3 is 2.89 bits per heavy atom. The molecule has 1 aliphatic heterocycles. The summed E-state index contributed by atoms with van der Waals surface area (Å²) in [6, 6.07) is -0.199. The Kier molecular flexibility index (Phi) is 3.63. The van der Waals surface area contributed by atoms with Crippen LogP contribution in [0.2, 0.25) is 0 Å². The van der Waals surface area contributed by atoms with Crippen molar-refractivity contribution in [3.05, 3.63) is 16.1 Å². The summed E-state index contributed by atoms with van der Waals surface area (Å²) in [5, 5.41) is 19.6. The number of nitrogens with zero attached hydrogens (tertiary/aromatic N) is 2. The SMILES string of the molecule is CC1CCN(C(=O)c2nc(C(=O)O)cs2)C1CO. The van der Waals surface area contributed by atoms with E-state index >= 15 is 0 Å². The molecule has 1 saturated heterocycles. The number of aliphatic hydroxyl groups excluding tert-OH is 1. The highest BCUT2D eigenvalue weighted by Crippen LogP contribution is 2.26. The number of likely N-dealkylation sites (tertiary alicyclic amines) is 1. The number of carbonyl (C=O) groups is 2. The molecule has 1 aromatic rings. The lowest BCUT2D eigenvalue weighted by atomic mass is 10.0. The van der Waals surface area contributed by atoms with Gasteiger partial charge >= 0.3 is 5.97 Å². The van der Waals surface area contributed by atoms with Gasteiger partial charge in [0.15, 0.2) is 10.7 Å². The van der Waals surface area contributed by atoms with Gasteiger partial charge in [-0.2, -0.15) is 0 Å². The molecule has 2 heterocycles. The molecule has 1 aromatic heterocycles. The maximum atomic E-state index is 12.2. The molecule has 2 rings (SSSR count). The number of hydrogen-bond donors (Lipinski definition) is 2. The number of aliphatic hydroxyl groups is 1. The molecule has 0 aliphatic carbocycles. The maximum Gasteiger partial charge on any atom is 0.355 e. The molecule has 1 amide bonds. The summed E-state index contributed by atoms with van der Waals surface area (Å²) in [6.07, 6.45) is 0.841. The molecule has 0 radical (unpaired) electrons. The zero-order valence-electron chi connectivity index (χ0n) is 9.87. The topological polar surface area (TPSA) is 90.7 Å². The second kappa shape index (κ2) is 5.03. The largest absolute Gasteiger partial charge is 0.476 e. The summed E-state index contributed by atoms with van der Waals surface area (Å²) in [5.74, 6) is -1.19. The van der Waals surface area contributed by atoms with Crippen molar-refractivity contribution in [2.24, 2.45) is 5.92 Å². The third-order valence-electron chi connectivity index (χ3n) is 3.24. The summed E-state index contributed by atoms with van der Waals surface area (Å²) >= 11 is 1.02. The first-order valence-corrected chi connectivity index (χ1v) is 6.53. The van der Waals surface area contributed by atoms with Gasteiger partial charge in [0.2, 0.25) is 0 Å². The Bertz CT molecular complexity index is 473. The summed E-state index contributed by atoms with van der Waals surface area (Å²) in [6.45, 7) is 2.48. The van der Waals surface area contributed by atoms with E-state index in [9.17, 15) is 14.7 Å². The molecule has 6 nitrogen and oxygen atoms in total. The van der Waals surface area contributed by atoms with E-state index in [0.29, 0.717) is 6.54 Å².